The number of allylic oxidation sites excluding steroid dienone is 3. The van der Waals surface area contributed by atoms with Crippen LogP contribution in [0, 0.1) is 0 Å². The summed E-state index contributed by atoms with van der Waals surface area (Å²) in [7, 11) is 3.80. The van der Waals surface area contributed by atoms with Gasteiger partial charge in [-0.05, 0) is 12.8 Å². The fraction of sp³-hybridized carbons (Fsp3) is 0.619. The van der Waals surface area contributed by atoms with Gasteiger partial charge >= 0.3 is 0 Å². The Hall–Kier alpha value is -2.04. The molecule has 0 unspecified atom stereocenters. The minimum absolute atomic E-state index is 0.0375. The van der Waals surface area contributed by atoms with E-state index in [1.54, 1.807) is 11.9 Å². The third kappa shape index (κ3) is 13.3. The van der Waals surface area contributed by atoms with Gasteiger partial charge in [-0.1, -0.05) is 57.1 Å². The molecule has 0 aliphatic carbocycles. The lowest BCUT2D eigenvalue weighted by Crippen LogP contribution is -2.25. The molecule has 0 atom stereocenters. The molecule has 0 aromatic carbocycles. The average molecular weight is 364 g/mol. The van der Waals surface area contributed by atoms with E-state index in [-0.39, 0.29) is 11.8 Å². The Labute approximate surface area is 159 Å². The van der Waals surface area contributed by atoms with Crippen molar-refractivity contribution in [2.24, 2.45) is 0 Å². The van der Waals surface area contributed by atoms with Gasteiger partial charge in [-0.25, -0.2) is 0 Å². The number of likely N-dealkylation sites (N-methyl/N-ethyl adjacent to an activating group) is 1. The Morgan fingerprint density at radius 2 is 1.69 bits per heavy atom. The second kappa shape index (κ2) is 15.2. The third-order valence-electron chi connectivity index (χ3n) is 4.24. The topological polar surface area (TPSA) is 52.7 Å². The predicted octanol–water partition coefficient (Wildman–Crippen LogP) is 3.50. The van der Waals surface area contributed by atoms with Gasteiger partial charge in [-0.3, -0.25) is 9.59 Å². The van der Waals surface area contributed by atoms with Crippen LogP contribution in [-0.4, -0.2) is 55.3 Å². The lowest BCUT2D eigenvalue weighted by molar-refractivity contribution is -0.127. The minimum Gasteiger partial charge on any atom is -0.378 e. The highest BCUT2D eigenvalue weighted by Gasteiger charge is 2.05. The van der Waals surface area contributed by atoms with Gasteiger partial charge < -0.3 is 15.1 Å². The smallest absolute Gasteiger partial charge is 0.220 e. The van der Waals surface area contributed by atoms with Gasteiger partial charge in [0, 0.05) is 52.8 Å². The number of nitrogens with one attached hydrogen (secondary N) is 1. The van der Waals surface area contributed by atoms with Crippen LogP contribution >= 0.6 is 0 Å². The van der Waals surface area contributed by atoms with Gasteiger partial charge in [-0.15, -0.1) is 0 Å². The van der Waals surface area contributed by atoms with Crippen LogP contribution in [-0.2, 0) is 9.59 Å². The number of nitrogens with zero attached hydrogens (tertiary/aromatic N) is 2. The van der Waals surface area contributed by atoms with E-state index in [1.165, 1.54) is 32.6 Å². The van der Waals surface area contributed by atoms with Crippen molar-refractivity contribution in [2.45, 2.75) is 52.4 Å². The first-order chi connectivity index (χ1) is 12.4. The third-order valence-corrected chi connectivity index (χ3v) is 4.24. The Bertz CT molecular complexity index is 484. The maximum absolute atomic E-state index is 11.9. The predicted molar refractivity (Wildman–Crippen MR) is 110 cm³/mol. The second-order valence-electron chi connectivity index (χ2n) is 6.61. The summed E-state index contributed by atoms with van der Waals surface area (Å²) in [6, 6.07) is 0. The largest absolute Gasteiger partial charge is 0.378 e. The fourth-order valence-electron chi connectivity index (χ4n) is 2.22. The maximum Gasteiger partial charge on any atom is 0.220 e. The van der Waals surface area contributed by atoms with Crippen LogP contribution in [0.3, 0.4) is 0 Å². The van der Waals surface area contributed by atoms with Crippen molar-refractivity contribution in [2.75, 3.05) is 33.7 Å². The summed E-state index contributed by atoms with van der Waals surface area (Å²) in [6.07, 6.45) is 13.6. The molecule has 5 nitrogen and oxygen atoms in total. The molecule has 0 radical (unpaired) electrons. The molecule has 1 N–H and O–H groups in total. The highest BCUT2D eigenvalue weighted by atomic mass is 16.2. The zero-order valence-electron chi connectivity index (χ0n) is 17.1. The van der Waals surface area contributed by atoms with Gasteiger partial charge in [0.1, 0.15) is 0 Å². The number of unbranched alkanes of at least 4 members (excludes halogenated alkanes) is 3. The van der Waals surface area contributed by atoms with Gasteiger partial charge in [-0.2, -0.15) is 0 Å². The van der Waals surface area contributed by atoms with Gasteiger partial charge in [0.15, 0.2) is 0 Å². The highest BCUT2D eigenvalue weighted by molar-refractivity contribution is 5.76. The zero-order chi connectivity index (χ0) is 19.8. The molecule has 26 heavy (non-hydrogen) atoms. The molecule has 148 valence electrons. The number of carbonyl (C=O) groups is 2. The molecule has 0 bridgehead atoms. The van der Waals surface area contributed by atoms with E-state index in [0.29, 0.717) is 25.9 Å². The molecule has 2 amide bonds. The van der Waals surface area contributed by atoms with E-state index >= 15 is 0 Å². The molecular formula is C21H37N3O2. The van der Waals surface area contributed by atoms with E-state index in [4.69, 9.17) is 0 Å². The van der Waals surface area contributed by atoms with Crippen molar-refractivity contribution >= 4 is 11.8 Å². The molecule has 0 saturated carbocycles. The lowest BCUT2D eigenvalue weighted by Gasteiger charge is -2.21. The zero-order valence-corrected chi connectivity index (χ0v) is 17.1. The Kier molecular flexibility index (Phi) is 14.0. The second-order valence-corrected chi connectivity index (χ2v) is 6.61. The van der Waals surface area contributed by atoms with Crippen molar-refractivity contribution in [1.29, 1.82) is 0 Å². The highest BCUT2D eigenvalue weighted by Crippen LogP contribution is 2.09. The van der Waals surface area contributed by atoms with Gasteiger partial charge in [0.05, 0.1) is 0 Å². The Balaban J connectivity index is 3.81. The monoisotopic (exact) mass is 363 g/mol. The van der Waals surface area contributed by atoms with Crippen LogP contribution < -0.4 is 5.32 Å². The molecule has 0 saturated heterocycles. The quantitative estimate of drug-likeness (QED) is 0.380. The molecule has 5 heteroatoms. The van der Waals surface area contributed by atoms with Crippen LogP contribution in [0.4, 0.5) is 0 Å². The van der Waals surface area contributed by atoms with Gasteiger partial charge in [0.25, 0.3) is 0 Å². The van der Waals surface area contributed by atoms with E-state index in [0.717, 1.165) is 12.2 Å². The van der Waals surface area contributed by atoms with E-state index < -0.39 is 0 Å². The van der Waals surface area contributed by atoms with E-state index in [9.17, 15) is 9.59 Å². The first-order valence-electron chi connectivity index (χ1n) is 9.57. The molecule has 0 aromatic rings. The van der Waals surface area contributed by atoms with Crippen molar-refractivity contribution in [3.8, 4) is 0 Å². The van der Waals surface area contributed by atoms with Crippen molar-refractivity contribution in [3.63, 3.8) is 0 Å². The fourth-order valence-corrected chi connectivity index (χ4v) is 2.22. The number of hydrogen-bond donors (Lipinski definition) is 1. The molecule has 0 aliphatic heterocycles. The Morgan fingerprint density at radius 3 is 2.35 bits per heavy atom. The summed E-state index contributed by atoms with van der Waals surface area (Å²) in [5.74, 6) is 0.0783. The summed E-state index contributed by atoms with van der Waals surface area (Å²) in [4.78, 5) is 26.7. The van der Waals surface area contributed by atoms with E-state index in [2.05, 4.69) is 23.7 Å². The van der Waals surface area contributed by atoms with Crippen LogP contribution in [0.1, 0.15) is 52.4 Å². The summed E-state index contributed by atoms with van der Waals surface area (Å²) >= 11 is 0. The SMILES string of the molecule is C=C(CCC(=O)NC/C=C/C=C/CN(C)C(C)=O)N(C)CCCCCC. The molecule has 0 heterocycles. The summed E-state index contributed by atoms with van der Waals surface area (Å²) in [5, 5.41) is 2.87. The molecule has 0 aromatic heterocycles. The first-order valence-corrected chi connectivity index (χ1v) is 9.57. The van der Waals surface area contributed by atoms with Gasteiger partial charge in [0.2, 0.25) is 11.8 Å². The minimum atomic E-state index is 0.0375. The lowest BCUT2D eigenvalue weighted by atomic mass is 10.2. The molecule has 0 rings (SSSR count). The number of carbonyl (C=O) groups excluding carboxylic acids is 2. The molecular weight excluding hydrogens is 326 g/mol. The number of rotatable bonds is 14. The molecule has 0 fully saturated rings. The van der Waals surface area contributed by atoms with Crippen molar-refractivity contribution in [3.05, 3.63) is 36.6 Å². The summed E-state index contributed by atoms with van der Waals surface area (Å²) in [5.41, 5.74) is 1.02. The van der Waals surface area contributed by atoms with E-state index in [1.807, 2.05) is 31.4 Å². The molecule has 0 spiro atoms. The van der Waals surface area contributed by atoms with Crippen molar-refractivity contribution in [1.82, 2.24) is 15.1 Å². The van der Waals surface area contributed by atoms with Crippen molar-refractivity contribution < 1.29 is 9.59 Å². The van der Waals surface area contributed by atoms with Crippen LogP contribution in [0.25, 0.3) is 0 Å². The maximum atomic E-state index is 11.9. The standard InChI is InChI=1S/C21H37N3O2/c1-6-7-8-12-17-23(4)19(2)14-15-21(26)22-16-11-9-10-13-18-24(5)20(3)25/h9-11,13H,2,6-8,12,14-18H2,1,3-5H3,(H,22,26)/b11-9+,13-10+. The normalized spacial score (nSPS) is 11.1. The Morgan fingerprint density at radius 1 is 1.00 bits per heavy atom. The number of hydrogen-bond acceptors (Lipinski definition) is 3. The van der Waals surface area contributed by atoms with Crippen LogP contribution in [0.15, 0.2) is 36.6 Å². The summed E-state index contributed by atoms with van der Waals surface area (Å²) in [6.45, 7) is 9.92. The molecule has 0 aliphatic rings. The van der Waals surface area contributed by atoms with Crippen LogP contribution in [0.2, 0.25) is 0 Å². The average Bonchev–Trinajstić information content (AvgIpc) is 2.61. The summed E-state index contributed by atoms with van der Waals surface area (Å²) < 4.78 is 0. The number of amides is 2. The first kappa shape index (κ1) is 24.0. The van der Waals surface area contributed by atoms with Crippen LogP contribution in [0.5, 0.6) is 0 Å².